The molecule has 0 bridgehead atoms. The Morgan fingerprint density at radius 2 is 1.77 bits per heavy atom. The Morgan fingerprint density at radius 1 is 1.03 bits per heavy atom. The summed E-state index contributed by atoms with van der Waals surface area (Å²) in [6, 6.07) is 16.9. The van der Waals surface area contributed by atoms with Crippen LogP contribution in [0.15, 0.2) is 64.5 Å². The third-order valence-electron chi connectivity index (χ3n) is 5.20. The molecule has 4 rings (SSSR count). The average Bonchev–Trinajstić information content (AvgIpc) is 3.34. The molecule has 1 aromatic heterocycles. The van der Waals surface area contributed by atoms with Gasteiger partial charge in [-0.3, -0.25) is 9.59 Å². The van der Waals surface area contributed by atoms with Crippen LogP contribution in [0.25, 0.3) is 0 Å². The number of benzene rings is 2. The molecule has 0 spiro atoms. The fourth-order valence-corrected chi connectivity index (χ4v) is 4.59. The predicted octanol–water partition coefficient (Wildman–Crippen LogP) is 4.73. The van der Waals surface area contributed by atoms with Crippen molar-refractivity contribution in [3.63, 3.8) is 0 Å². The zero-order valence-electron chi connectivity index (χ0n) is 17.0. The molecule has 31 heavy (non-hydrogen) atoms. The van der Waals surface area contributed by atoms with Crippen molar-refractivity contribution in [1.29, 1.82) is 0 Å². The number of hydrogen-bond donors (Lipinski definition) is 1. The van der Waals surface area contributed by atoms with E-state index in [2.05, 4.69) is 26.1 Å². The van der Waals surface area contributed by atoms with E-state index in [-0.39, 0.29) is 11.8 Å². The second kappa shape index (κ2) is 9.53. The molecule has 1 aliphatic rings. The second-order valence-electron chi connectivity index (χ2n) is 7.10. The zero-order chi connectivity index (χ0) is 21.8. The highest BCUT2D eigenvalue weighted by atomic mass is 79.9. The van der Waals surface area contributed by atoms with E-state index in [9.17, 15) is 9.59 Å². The van der Waals surface area contributed by atoms with E-state index in [0.717, 1.165) is 28.1 Å². The molecule has 1 fully saturated rings. The molecule has 0 radical (unpaired) electrons. The molecule has 0 atom stereocenters. The standard InChI is InChI=1S/C23H22BrN3O3S/c1-30-20-9-4-16(24)15-19(20)22(28)25-17-5-7-18(8-6-17)26-10-12-27(13-11-26)23(29)21-3-2-14-31-21/h2-9,14-15H,10-13H2,1H3,(H,25,28). The maximum atomic E-state index is 12.7. The molecule has 1 saturated heterocycles. The van der Waals surface area contributed by atoms with E-state index in [1.54, 1.807) is 19.2 Å². The number of nitrogens with zero attached hydrogens (tertiary/aromatic N) is 2. The Morgan fingerprint density at radius 3 is 2.42 bits per heavy atom. The van der Waals surface area contributed by atoms with Crippen LogP contribution in [0.1, 0.15) is 20.0 Å². The van der Waals surface area contributed by atoms with E-state index >= 15 is 0 Å². The summed E-state index contributed by atoms with van der Waals surface area (Å²) in [6.45, 7) is 2.94. The maximum absolute atomic E-state index is 12.7. The Hall–Kier alpha value is -2.84. The minimum Gasteiger partial charge on any atom is -0.496 e. The van der Waals surface area contributed by atoms with E-state index in [1.807, 2.05) is 52.7 Å². The van der Waals surface area contributed by atoms with Gasteiger partial charge in [-0.1, -0.05) is 22.0 Å². The van der Waals surface area contributed by atoms with Crippen molar-refractivity contribution in [2.75, 3.05) is 43.5 Å². The van der Waals surface area contributed by atoms with Crippen molar-refractivity contribution in [3.05, 3.63) is 74.9 Å². The molecule has 2 aromatic carbocycles. The van der Waals surface area contributed by atoms with Crippen molar-refractivity contribution in [1.82, 2.24) is 4.90 Å². The second-order valence-corrected chi connectivity index (χ2v) is 8.97. The van der Waals surface area contributed by atoms with Crippen molar-refractivity contribution in [3.8, 4) is 5.75 Å². The molecule has 0 unspecified atom stereocenters. The molecular weight excluding hydrogens is 478 g/mol. The number of anilines is 2. The first-order valence-corrected chi connectivity index (χ1v) is 11.5. The van der Waals surface area contributed by atoms with Crippen LogP contribution in [0.4, 0.5) is 11.4 Å². The number of carbonyl (C=O) groups is 2. The Balaban J connectivity index is 1.36. The number of carbonyl (C=O) groups excluding carboxylic acids is 2. The molecule has 160 valence electrons. The van der Waals surface area contributed by atoms with Gasteiger partial charge in [-0.2, -0.15) is 0 Å². The van der Waals surface area contributed by atoms with Crippen LogP contribution in [0, 0.1) is 0 Å². The lowest BCUT2D eigenvalue weighted by Crippen LogP contribution is -2.48. The number of hydrogen-bond acceptors (Lipinski definition) is 5. The number of piperazine rings is 1. The van der Waals surface area contributed by atoms with Gasteiger partial charge in [0, 0.05) is 42.0 Å². The zero-order valence-corrected chi connectivity index (χ0v) is 19.4. The fourth-order valence-electron chi connectivity index (χ4n) is 3.54. The lowest BCUT2D eigenvalue weighted by Gasteiger charge is -2.36. The van der Waals surface area contributed by atoms with Crippen LogP contribution in [0.5, 0.6) is 5.75 Å². The first-order chi connectivity index (χ1) is 15.0. The number of thiophene rings is 1. The lowest BCUT2D eigenvalue weighted by atomic mass is 10.1. The van der Waals surface area contributed by atoms with Crippen LogP contribution in [-0.4, -0.2) is 50.0 Å². The summed E-state index contributed by atoms with van der Waals surface area (Å²) in [5.74, 6) is 0.398. The van der Waals surface area contributed by atoms with Gasteiger partial charge in [0.25, 0.3) is 11.8 Å². The van der Waals surface area contributed by atoms with Crippen molar-refractivity contribution in [2.45, 2.75) is 0 Å². The first kappa shape index (κ1) is 21.4. The number of ether oxygens (including phenoxy) is 1. The van der Waals surface area contributed by atoms with E-state index in [4.69, 9.17) is 4.74 Å². The van der Waals surface area contributed by atoms with Gasteiger partial charge < -0.3 is 19.9 Å². The van der Waals surface area contributed by atoms with Crippen molar-refractivity contribution in [2.24, 2.45) is 0 Å². The Bertz CT molecular complexity index is 1060. The van der Waals surface area contributed by atoms with Crippen LogP contribution in [-0.2, 0) is 0 Å². The normalized spacial score (nSPS) is 13.7. The van der Waals surface area contributed by atoms with Crippen LogP contribution in [0.2, 0.25) is 0 Å². The minimum absolute atomic E-state index is 0.107. The van der Waals surface area contributed by atoms with Gasteiger partial charge in [0.05, 0.1) is 17.6 Å². The Labute approximate surface area is 193 Å². The number of rotatable bonds is 5. The van der Waals surface area contributed by atoms with Crippen molar-refractivity contribution >= 4 is 50.5 Å². The van der Waals surface area contributed by atoms with Crippen LogP contribution >= 0.6 is 27.3 Å². The molecule has 2 heterocycles. The molecule has 0 saturated carbocycles. The molecule has 3 aromatic rings. The monoisotopic (exact) mass is 499 g/mol. The fraction of sp³-hybridized carbons (Fsp3) is 0.217. The highest BCUT2D eigenvalue weighted by molar-refractivity contribution is 9.10. The van der Waals surface area contributed by atoms with Crippen LogP contribution < -0.4 is 15.0 Å². The molecule has 0 aliphatic carbocycles. The maximum Gasteiger partial charge on any atom is 0.264 e. The molecule has 1 N–H and O–H groups in total. The lowest BCUT2D eigenvalue weighted by molar-refractivity contribution is 0.0751. The number of methoxy groups -OCH3 is 1. The molecular formula is C23H22BrN3O3S. The Kier molecular flexibility index (Phi) is 6.58. The summed E-state index contributed by atoms with van der Waals surface area (Å²) < 4.78 is 6.10. The van der Waals surface area contributed by atoms with Gasteiger partial charge in [0.1, 0.15) is 5.75 Å². The summed E-state index contributed by atoms with van der Waals surface area (Å²) in [5.41, 5.74) is 2.25. The smallest absolute Gasteiger partial charge is 0.264 e. The highest BCUT2D eigenvalue weighted by Gasteiger charge is 2.23. The van der Waals surface area contributed by atoms with Crippen molar-refractivity contribution < 1.29 is 14.3 Å². The van der Waals surface area contributed by atoms with Gasteiger partial charge in [0.15, 0.2) is 0 Å². The summed E-state index contributed by atoms with van der Waals surface area (Å²) >= 11 is 4.87. The summed E-state index contributed by atoms with van der Waals surface area (Å²) in [7, 11) is 1.54. The van der Waals surface area contributed by atoms with Gasteiger partial charge >= 0.3 is 0 Å². The topological polar surface area (TPSA) is 61.9 Å². The summed E-state index contributed by atoms with van der Waals surface area (Å²) in [4.78, 5) is 30.1. The van der Waals surface area contributed by atoms with E-state index in [1.165, 1.54) is 11.3 Å². The SMILES string of the molecule is COc1ccc(Br)cc1C(=O)Nc1ccc(N2CCN(C(=O)c3cccs3)CC2)cc1. The van der Waals surface area contributed by atoms with Gasteiger partial charge in [-0.25, -0.2) is 0 Å². The largest absolute Gasteiger partial charge is 0.496 e. The number of nitrogens with one attached hydrogen (secondary N) is 1. The molecule has 8 heteroatoms. The van der Waals surface area contributed by atoms with Gasteiger partial charge in [0.2, 0.25) is 0 Å². The van der Waals surface area contributed by atoms with Crippen LogP contribution in [0.3, 0.4) is 0 Å². The summed E-state index contributed by atoms with van der Waals surface area (Å²) in [5, 5.41) is 4.84. The summed E-state index contributed by atoms with van der Waals surface area (Å²) in [6.07, 6.45) is 0. The third kappa shape index (κ3) is 4.91. The molecule has 2 amide bonds. The van der Waals surface area contributed by atoms with E-state index in [0.29, 0.717) is 30.1 Å². The molecule has 6 nitrogen and oxygen atoms in total. The number of halogens is 1. The van der Waals surface area contributed by atoms with E-state index < -0.39 is 0 Å². The van der Waals surface area contributed by atoms with Gasteiger partial charge in [-0.15, -0.1) is 11.3 Å². The highest BCUT2D eigenvalue weighted by Crippen LogP contribution is 2.25. The molecule has 1 aliphatic heterocycles. The number of amides is 2. The predicted molar refractivity (Wildman–Crippen MR) is 128 cm³/mol. The first-order valence-electron chi connectivity index (χ1n) is 9.88. The van der Waals surface area contributed by atoms with Gasteiger partial charge in [-0.05, 0) is 53.9 Å². The minimum atomic E-state index is -0.230. The quantitative estimate of drug-likeness (QED) is 0.550. The third-order valence-corrected chi connectivity index (χ3v) is 6.55. The average molecular weight is 500 g/mol.